The van der Waals surface area contributed by atoms with Gasteiger partial charge in [0.05, 0.1) is 16.0 Å². The van der Waals surface area contributed by atoms with Crippen LogP contribution in [-0.4, -0.2) is 36.7 Å². The number of sulfonamides is 1. The summed E-state index contributed by atoms with van der Waals surface area (Å²) in [6.45, 7) is 2.81. The molecule has 0 unspecified atom stereocenters. The van der Waals surface area contributed by atoms with Crippen LogP contribution in [0, 0.1) is 12.7 Å². The van der Waals surface area contributed by atoms with Crippen molar-refractivity contribution >= 4 is 32.5 Å². The molecule has 1 N–H and O–H groups in total. The van der Waals surface area contributed by atoms with E-state index in [0.29, 0.717) is 40.9 Å². The Morgan fingerprint density at radius 2 is 1.73 bits per heavy atom. The number of benzene rings is 2. The molecule has 1 saturated heterocycles. The van der Waals surface area contributed by atoms with Gasteiger partial charge in [0, 0.05) is 35.9 Å². The number of fused-ring (bicyclic) bond motifs is 1. The van der Waals surface area contributed by atoms with Crippen LogP contribution in [0.2, 0.25) is 0 Å². The molecule has 1 fully saturated rings. The number of rotatable bonds is 4. The summed E-state index contributed by atoms with van der Waals surface area (Å²) in [5.74, 6) is -0.791. The van der Waals surface area contributed by atoms with Crippen molar-refractivity contribution < 1.29 is 17.6 Å². The number of carbonyl (C=O) groups excluding carboxylic acids is 1. The highest BCUT2D eigenvalue weighted by molar-refractivity contribution is 7.89. The summed E-state index contributed by atoms with van der Waals surface area (Å²) >= 11 is 0. The average Bonchev–Trinajstić information content (AvgIpc) is 2.74. The summed E-state index contributed by atoms with van der Waals surface area (Å²) in [5.41, 5.74) is 1.86. The number of hydrogen-bond acceptors (Lipinski definition) is 4. The minimum absolute atomic E-state index is 0.211. The van der Waals surface area contributed by atoms with E-state index in [2.05, 4.69) is 10.3 Å². The number of pyridine rings is 1. The van der Waals surface area contributed by atoms with Gasteiger partial charge < -0.3 is 5.32 Å². The van der Waals surface area contributed by atoms with E-state index < -0.39 is 15.8 Å². The van der Waals surface area contributed by atoms with Gasteiger partial charge >= 0.3 is 0 Å². The quantitative estimate of drug-likeness (QED) is 0.680. The van der Waals surface area contributed by atoms with Crippen molar-refractivity contribution in [3.63, 3.8) is 0 Å². The number of anilines is 1. The van der Waals surface area contributed by atoms with Crippen LogP contribution in [0.5, 0.6) is 0 Å². The minimum atomic E-state index is -3.52. The Balaban J connectivity index is 1.57. The molecular weight excluding hydrogens is 405 g/mol. The van der Waals surface area contributed by atoms with Crippen molar-refractivity contribution in [3.8, 4) is 0 Å². The second-order valence-electron chi connectivity index (χ2n) is 7.42. The molecule has 30 heavy (non-hydrogen) atoms. The highest BCUT2D eigenvalue weighted by Crippen LogP contribution is 2.24. The molecule has 8 heteroatoms. The zero-order valence-electron chi connectivity index (χ0n) is 16.6. The molecule has 0 atom stereocenters. The van der Waals surface area contributed by atoms with Crippen molar-refractivity contribution in [2.75, 3.05) is 18.4 Å². The van der Waals surface area contributed by atoms with Gasteiger partial charge in [0.2, 0.25) is 10.0 Å². The zero-order chi connectivity index (χ0) is 21.3. The van der Waals surface area contributed by atoms with Gasteiger partial charge in [-0.05, 0) is 62.2 Å². The molecule has 1 amide bonds. The van der Waals surface area contributed by atoms with Crippen molar-refractivity contribution in [1.82, 2.24) is 9.29 Å². The fourth-order valence-electron chi connectivity index (χ4n) is 3.68. The Hall–Kier alpha value is -2.84. The first-order valence-electron chi connectivity index (χ1n) is 9.83. The third-order valence-electron chi connectivity index (χ3n) is 5.21. The van der Waals surface area contributed by atoms with Crippen LogP contribution in [0.4, 0.5) is 10.1 Å². The lowest BCUT2D eigenvalue weighted by Crippen LogP contribution is -2.35. The smallest absolute Gasteiger partial charge is 0.256 e. The third-order valence-corrected chi connectivity index (χ3v) is 7.12. The second-order valence-corrected chi connectivity index (χ2v) is 9.35. The average molecular weight is 428 g/mol. The van der Waals surface area contributed by atoms with Crippen LogP contribution < -0.4 is 5.32 Å². The minimum Gasteiger partial charge on any atom is -0.322 e. The lowest BCUT2D eigenvalue weighted by atomic mass is 10.1. The van der Waals surface area contributed by atoms with Gasteiger partial charge in [-0.25, -0.2) is 12.8 Å². The molecule has 0 radical (unpaired) electrons. The lowest BCUT2D eigenvalue weighted by molar-refractivity contribution is 0.102. The molecule has 1 aromatic heterocycles. The van der Waals surface area contributed by atoms with Gasteiger partial charge in [0.15, 0.2) is 0 Å². The number of aromatic nitrogens is 1. The van der Waals surface area contributed by atoms with Crippen LogP contribution in [-0.2, 0) is 10.0 Å². The number of amides is 1. The van der Waals surface area contributed by atoms with Gasteiger partial charge in [0.1, 0.15) is 5.82 Å². The van der Waals surface area contributed by atoms with Crippen molar-refractivity contribution in [3.05, 3.63) is 65.6 Å². The molecule has 2 heterocycles. The maximum atomic E-state index is 13.5. The van der Waals surface area contributed by atoms with Gasteiger partial charge in [0.25, 0.3) is 5.91 Å². The van der Waals surface area contributed by atoms with Crippen molar-refractivity contribution in [2.45, 2.75) is 31.1 Å². The van der Waals surface area contributed by atoms with E-state index >= 15 is 0 Å². The SMILES string of the molecule is Cc1cc(C(=O)Nc2ccc(S(=O)(=O)N3CCCCC3)cc2)c2ccc(F)cc2n1. The Labute approximate surface area is 174 Å². The summed E-state index contributed by atoms with van der Waals surface area (Å²) in [6, 6.07) is 11.9. The molecule has 1 aliphatic rings. The molecule has 2 aromatic carbocycles. The summed E-state index contributed by atoms with van der Waals surface area (Å²) < 4.78 is 40.5. The van der Waals surface area contributed by atoms with E-state index in [1.807, 2.05) is 0 Å². The molecule has 0 aliphatic carbocycles. The van der Waals surface area contributed by atoms with Crippen molar-refractivity contribution in [2.24, 2.45) is 0 Å². The maximum Gasteiger partial charge on any atom is 0.256 e. The summed E-state index contributed by atoms with van der Waals surface area (Å²) in [6.07, 6.45) is 2.79. The number of aryl methyl sites for hydroxylation is 1. The van der Waals surface area contributed by atoms with Gasteiger partial charge in [-0.15, -0.1) is 0 Å². The summed E-state index contributed by atoms with van der Waals surface area (Å²) in [4.78, 5) is 17.3. The van der Waals surface area contributed by atoms with E-state index in [0.717, 1.165) is 19.3 Å². The lowest BCUT2D eigenvalue weighted by Gasteiger charge is -2.25. The van der Waals surface area contributed by atoms with Gasteiger partial charge in [-0.3, -0.25) is 9.78 Å². The number of nitrogens with zero attached hydrogens (tertiary/aromatic N) is 2. The molecule has 0 saturated carbocycles. The number of halogens is 1. The third kappa shape index (κ3) is 4.06. The van der Waals surface area contributed by atoms with Crippen LogP contribution in [0.25, 0.3) is 10.9 Å². The fourth-order valence-corrected chi connectivity index (χ4v) is 5.20. The fraction of sp³-hybridized carbons (Fsp3) is 0.273. The van der Waals surface area contributed by atoms with Gasteiger partial charge in [-0.1, -0.05) is 6.42 Å². The van der Waals surface area contributed by atoms with Gasteiger partial charge in [-0.2, -0.15) is 4.31 Å². The molecule has 4 rings (SSSR count). The normalized spacial score (nSPS) is 15.3. The van der Waals surface area contributed by atoms with E-state index in [4.69, 9.17) is 0 Å². The number of piperidine rings is 1. The topological polar surface area (TPSA) is 79.4 Å². The molecule has 3 aromatic rings. The first kappa shape index (κ1) is 20.4. The Morgan fingerprint density at radius 3 is 2.43 bits per heavy atom. The van der Waals surface area contributed by atoms with Crippen molar-refractivity contribution in [1.29, 1.82) is 0 Å². The summed E-state index contributed by atoms with van der Waals surface area (Å²) in [5, 5.41) is 3.33. The summed E-state index contributed by atoms with van der Waals surface area (Å²) in [7, 11) is -3.52. The molecular formula is C22H22FN3O3S. The van der Waals surface area contributed by atoms with Crippen LogP contribution >= 0.6 is 0 Å². The highest BCUT2D eigenvalue weighted by Gasteiger charge is 2.25. The largest absolute Gasteiger partial charge is 0.322 e. The zero-order valence-corrected chi connectivity index (χ0v) is 17.4. The monoisotopic (exact) mass is 427 g/mol. The maximum absolute atomic E-state index is 13.5. The number of hydrogen-bond donors (Lipinski definition) is 1. The predicted octanol–water partition coefficient (Wildman–Crippen LogP) is 4.11. The molecule has 6 nitrogen and oxygen atoms in total. The number of carbonyl (C=O) groups is 1. The standard InChI is InChI=1S/C22H22FN3O3S/c1-15-13-20(19-10-5-16(23)14-21(19)24-15)22(27)25-17-6-8-18(9-7-17)30(28,29)26-11-3-2-4-12-26/h5-10,13-14H,2-4,11-12H2,1H3,(H,25,27). The first-order valence-corrected chi connectivity index (χ1v) is 11.3. The molecule has 0 bridgehead atoms. The Morgan fingerprint density at radius 1 is 1.03 bits per heavy atom. The van der Waals surface area contributed by atoms with E-state index in [-0.39, 0.29) is 10.8 Å². The van der Waals surface area contributed by atoms with E-state index in [9.17, 15) is 17.6 Å². The van der Waals surface area contributed by atoms with Crippen LogP contribution in [0.15, 0.2) is 53.4 Å². The van der Waals surface area contributed by atoms with E-state index in [1.54, 1.807) is 25.1 Å². The van der Waals surface area contributed by atoms with Crippen LogP contribution in [0.3, 0.4) is 0 Å². The Bertz CT molecular complexity index is 1200. The van der Waals surface area contributed by atoms with Crippen LogP contribution in [0.1, 0.15) is 35.3 Å². The molecule has 156 valence electrons. The molecule has 0 spiro atoms. The predicted molar refractivity (Wildman–Crippen MR) is 113 cm³/mol. The first-order chi connectivity index (χ1) is 14.3. The molecule has 1 aliphatic heterocycles. The van der Waals surface area contributed by atoms with E-state index in [1.165, 1.54) is 34.6 Å². The Kier molecular flexibility index (Phi) is 5.53. The highest BCUT2D eigenvalue weighted by atomic mass is 32.2. The second kappa shape index (κ2) is 8.12. The number of nitrogens with one attached hydrogen (secondary N) is 1.